The molecule has 0 amide bonds. The first-order valence-corrected chi connectivity index (χ1v) is 3.72. The largest absolute Gasteiger partial charge is 0.435 e. The highest BCUT2D eigenvalue weighted by molar-refractivity contribution is 5.71. The molecule has 0 N–H and O–H groups in total. The van der Waals surface area contributed by atoms with Crippen molar-refractivity contribution in [1.29, 1.82) is 0 Å². The number of para-hydroxylation sites is 2. The Morgan fingerprint density at radius 1 is 1.46 bits per heavy atom. The van der Waals surface area contributed by atoms with Gasteiger partial charge in [-0.05, 0) is 12.1 Å². The predicted octanol–water partition coefficient (Wildman–Crippen LogP) is 1.60. The number of hydrogen-bond donors (Lipinski definition) is 0. The molecule has 0 saturated carbocycles. The van der Waals surface area contributed by atoms with Gasteiger partial charge >= 0.3 is 0 Å². The summed E-state index contributed by atoms with van der Waals surface area (Å²) in [6.45, 7) is -0.366. The second-order valence-electron chi connectivity index (χ2n) is 2.57. The van der Waals surface area contributed by atoms with Crippen LogP contribution < -0.4 is 0 Å². The van der Waals surface area contributed by atoms with Gasteiger partial charge in [-0.15, -0.1) is 0 Å². The number of benzene rings is 1. The Hall–Kier alpha value is -1.91. The van der Waals surface area contributed by atoms with E-state index in [1.807, 2.05) is 0 Å². The highest BCUT2D eigenvalue weighted by Gasteiger charge is 2.09. The first-order valence-electron chi connectivity index (χ1n) is 3.72. The van der Waals surface area contributed by atoms with E-state index in [1.54, 1.807) is 24.3 Å². The number of fused-ring (bicyclic) bond motifs is 1. The van der Waals surface area contributed by atoms with Crippen molar-refractivity contribution in [3.63, 3.8) is 0 Å². The van der Waals surface area contributed by atoms with Gasteiger partial charge in [-0.1, -0.05) is 12.1 Å². The molecule has 0 aliphatic carbocycles. The summed E-state index contributed by atoms with van der Waals surface area (Å²) >= 11 is 0. The maximum absolute atomic E-state index is 10.2. The van der Waals surface area contributed by atoms with Gasteiger partial charge in [0.25, 0.3) is 12.4 Å². The lowest BCUT2D eigenvalue weighted by Crippen LogP contribution is -1.97. The summed E-state index contributed by atoms with van der Waals surface area (Å²) in [5.74, 6) is 0.145. The molecule has 5 nitrogen and oxygen atoms in total. The zero-order valence-corrected chi connectivity index (χ0v) is 6.64. The van der Waals surface area contributed by atoms with Gasteiger partial charge in [0.05, 0.1) is 0 Å². The normalized spacial score (nSPS) is 10.5. The van der Waals surface area contributed by atoms with Crippen molar-refractivity contribution in [3.05, 3.63) is 40.3 Å². The van der Waals surface area contributed by atoms with E-state index in [-0.39, 0.29) is 12.4 Å². The second kappa shape index (κ2) is 2.85. The fourth-order valence-corrected chi connectivity index (χ4v) is 1.10. The van der Waals surface area contributed by atoms with Gasteiger partial charge in [0.15, 0.2) is 5.58 Å². The molecule has 0 radical (unpaired) electrons. The van der Waals surface area contributed by atoms with Crippen LogP contribution in [0.1, 0.15) is 5.89 Å². The Balaban J connectivity index is 2.44. The minimum Gasteiger partial charge on any atom is -0.435 e. The standard InChI is InChI=1S/C8H6N2O3/c11-10(12)5-8-9-6-3-1-2-4-7(6)13-8/h1-4H,5H2. The molecule has 0 fully saturated rings. The molecule has 66 valence electrons. The van der Waals surface area contributed by atoms with Crippen LogP contribution in [0.15, 0.2) is 28.7 Å². The van der Waals surface area contributed by atoms with Crippen LogP contribution in [-0.4, -0.2) is 9.91 Å². The lowest BCUT2D eigenvalue weighted by atomic mass is 10.3. The third-order valence-electron chi connectivity index (χ3n) is 1.60. The summed E-state index contributed by atoms with van der Waals surface area (Å²) in [5.41, 5.74) is 1.23. The first kappa shape index (κ1) is 7.72. The predicted molar refractivity (Wildman–Crippen MR) is 44.7 cm³/mol. The van der Waals surface area contributed by atoms with Crippen molar-refractivity contribution in [1.82, 2.24) is 4.98 Å². The monoisotopic (exact) mass is 178 g/mol. The van der Waals surface area contributed by atoms with Crippen LogP contribution in [0.3, 0.4) is 0 Å². The molecule has 0 aliphatic rings. The molecular weight excluding hydrogens is 172 g/mol. The van der Waals surface area contributed by atoms with E-state index in [4.69, 9.17) is 4.42 Å². The van der Waals surface area contributed by atoms with Crippen LogP contribution >= 0.6 is 0 Å². The third kappa shape index (κ3) is 1.48. The van der Waals surface area contributed by atoms with Crippen molar-refractivity contribution >= 4 is 11.1 Å². The quantitative estimate of drug-likeness (QED) is 0.517. The summed E-state index contributed by atoms with van der Waals surface area (Å²) < 4.78 is 5.13. The Kier molecular flexibility index (Phi) is 1.70. The van der Waals surface area contributed by atoms with E-state index in [0.29, 0.717) is 11.1 Å². The molecule has 1 heterocycles. The number of hydrogen-bond acceptors (Lipinski definition) is 4. The molecule has 1 aromatic carbocycles. The van der Waals surface area contributed by atoms with Crippen LogP contribution in [0.5, 0.6) is 0 Å². The van der Waals surface area contributed by atoms with Gasteiger partial charge < -0.3 is 4.42 Å². The molecule has 0 bridgehead atoms. The van der Waals surface area contributed by atoms with Crippen molar-refractivity contribution in [2.75, 3.05) is 0 Å². The second-order valence-corrected chi connectivity index (χ2v) is 2.57. The smallest absolute Gasteiger partial charge is 0.278 e. The van der Waals surface area contributed by atoms with Crippen LogP contribution in [0, 0.1) is 10.1 Å². The van der Waals surface area contributed by atoms with Crippen LogP contribution in [-0.2, 0) is 6.54 Å². The Morgan fingerprint density at radius 2 is 2.23 bits per heavy atom. The number of rotatable bonds is 2. The number of nitrogens with zero attached hydrogens (tertiary/aromatic N) is 2. The lowest BCUT2D eigenvalue weighted by molar-refractivity contribution is -0.500. The molecule has 13 heavy (non-hydrogen) atoms. The summed E-state index contributed by atoms with van der Waals surface area (Å²) in [4.78, 5) is 13.6. The molecule has 2 rings (SSSR count). The minimum atomic E-state index is -0.468. The summed E-state index contributed by atoms with van der Waals surface area (Å²) in [6.07, 6.45) is 0. The van der Waals surface area contributed by atoms with E-state index in [1.165, 1.54) is 0 Å². The lowest BCUT2D eigenvalue weighted by Gasteiger charge is -1.83. The van der Waals surface area contributed by atoms with Gasteiger partial charge in [-0.3, -0.25) is 10.1 Å². The van der Waals surface area contributed by atoms with Crippen LogP contribution in [0.2, 0.25) is 0 Å². The zero-order valence-electron chi connectivity index (χ0n) is 6.64. The van der Waals surface area contributed by atoms with Crippen molar-refractivity contribution in [2.45, 2.75) is 6.54 Å². The van der Waals surface area contributed by atoms with E-state index >= 15 is 0 Å². The van der Waals surface area contributed by atoms with Crippen LogP contribution in [0.25, 0.3) is 11.1 Å². The van der Waals surface area contributed by atoms with Gasteiger partial charge in [0, 0.05) is 4.92 Å². The van der Waals surface area contributed by atoms with Crippen LogP contribution in [0.4, 0.5) is 0 Å². The molecule has 0 atom stereocenters. The van der Waals surface area contributed by atoms with Gasteiger partial charge in [-0.2, -0.15) is 0 Å². The number of nitro groups is 1. The topological polar surface area (TPSA) is 69.2 Å². The van der Waals surface area contributed by atoms with Gasteiger partial charge in [0.2, 0.25) is 0 Å². The highest BCUT2D eigenvalue weighted by atomic mass is 16.6. The average molecular weight is 178 g/mol. The molecular formula is C8H6N2O3. The molecule has 5 heteroatoms. The maximum Gasteiger partial charge on any atom is 0.278 e. The first-order chi connectivity index (χ1) is 6.25. The van der Waals surface area contributed by atoms with E-state index in [2.05, 4.69) is 4.98 Å². The van der Waals surface area contributed by atoms with Crippen molar-refractivity contribution in [2.24, 2.45) is 0 Å². The SMILES string of the molecule is O=[N+]([O-])Cc1nc2ccccc2o1. The molecule has 1 aromatic heterocycles. The molecule has 0 aliphatic heterocycles. The Morgan fingerprint density at radius 3 is 2.92 bits per heavy atom. The van der Waals surface area contributed by atoms with Gasteiger partial charge in [0.1, 0.15) is 5.52 Å². The number of oxazole rings is 1. The zero-order chi connectivity index (χ0) is 9.26. The summed E-state index contributed by atoms with van der Waals surface area (Å²) in [5, 5.41) is 10.2. The molecule has 2 aromatic rings. The minimum absolute atomic E-state index is 0.145. The average Bonchev–Trinajstić information content (AvgIpc) is 2.44. The fraction of sp³-hybridized carbons (Fsp3) is 0.125. The third-order valence-corrected chi connectivity index (χ3v) is 1.60. The van der Waals surface area contributed by atoms with E-state index in [0.717, 1.165) is 0 Å². The summed E-state index contributed by atoms with van der Waals surface area (Å²) in [7, 11) is 0. The maximum atomic E-state index is 10.2. The van der Waals surface area contributed by atoms with Gasteiger partial charge in [-0.25, -0.2) is 4.98 Å². The fourth-order valence-electron chi connectivity index (χ4n) is 1.10. The molecule has 0 unspecified atom stereocenters. The molecule has 0 saturated heterocycles. The van der Waals surface area contributed by atoms with Crippen molar-refractivity contribution in [3.8, 4) is 0 Å². The van der Waals surface area contributed by atoms with Crippen molar-refractivity contribution < 1.29 is 9.34 Å². The Labute approximate surface area is 73.1 Å². The summed E-state index contributed by atoms with van der Waals surface area (Å²) in [6, 6.07) is 7.08. The highest BCUT2D eigenvalue weighted by Crippen LogP contribution is 2.14. The molecule has 0 spiro atoms. The Bertz CT molecular complexity index is 416. The van der Waals surface area contributed by atoms with E-state index < -0.39 is 4.92 Å². The van der Waals surface area contributed by atoms with E-state index in [9.17, 15) is 10.1 Å². The number of aromatic nitrogens is 1.